The van der Waals surface area contributed by atoms with Gasteiger partial charge in [0.1, 0.15) is 11.5 Å². The number of carbonyl (C=O) groups is 2. The van der Waals surface area contributed by atoms with E-state index >= 15 is 0 Å². The van der Waals surface area contributed by atoms with E-state index in [-0.39, 0.29) is 34.9 Å². The number of ketones is 2. The normalized spacial score (nSPS) is 14.0. The van der Waals surface area contributed by atoms with E-state index in [1.165, 1.54) is 19.2 Å². The number of hydrogen-bond donors (Lipinski definition) is 1. The van der Waals surface area contributed by atoms with E-state index in [0.717, 1.165) is 0 Å². The number of phenols is 1. The predicted molar refractivity (Wildman–Crippen MR) is 80.0 cm³/mol. The Bertz CT molecular complexity index is 680. The van der Waals surface area contributed by atoms with Gasteiger partial charge in [-0.2, -0.15) is 0 Å². The molecule has 0 atom stereocenters. The first-order chi connectivity index (χ1) is 10.0. The number of rotatable bonds is 5. The smallest absolute Gasteiger partial charge is 0.194 e. The van der Waals surface area contributed by atoms with Crippen molar-refractivity contribution in [3.05, 3.63) is 59.7 Å². The topological polar surface area (TPSA) is 63.6 Å². The lowest BCUT2D eigenvalue weighted by atomic mass is 9.81. The molecule has 0 heterocycles. The molecule has 0 saturated heterocycles. The molecule has 0 saturated carbocycles. The van der Waals surface area contributed by atoms with Gasteiger partial charge in [0.2, 0.25) is 0 Å². The number of benzene rings is 1. The van der Waals surface area contributed by atoms with Gasteiger partial charge in [-0.3, -0.25) is 9.59 Å². The molecule has 4 nitrogen and oxygen atoms in total. The van der Waals surface area contributed by atoms with Gasteiger partial charge in [-0.15, -0.1) is 13.2 Å². The lowest BCUT2D eigenvalue weighted by Gasteiger charge is -2.21. The number of ether oxygens (including phenoxy) is 1. The summed E-state index contributed by atoms with van der Waals surface area (Å²) >= 11 is 0. The Hall–Kier alpha value is -2.62. The minimum atomic E-state index is -0.346. The molecular formula is C17H16O4. The molecule has 0 spiro atoms. The van der Waals surface area contributed by atoms with E-state index < -0.39 is 0 Å². The third-order valence-corrected chi connectivity index (χ3v) is 3.41. The van der Waals surface area contributed by atoms with Gasteiger partial charge >= 0.3 is 0 Å². The van der Waals surface area contributed by atoms with E-state index in [4.69, 9.17) is 4.74 Å². The van der Waals surface area contributed by atoms with Crippen LogP contribution in [-0.2, 0) is 0 Å². The van der Waals surface area contributed by atoms with E-state index in [2.05, 4.69) is 13.2 Å². The van der Waals surface area contributed by atoms with Crippen LogP contribution in [-0.4, -0.2) is 23.8 Å². The maximum Gasteiger partial charge on any atom is 0.194 e. The lowest BCUT2D eigenvalue weighted by molar-refractivity contribution is 0.0968. The second kappa shape index (κ2) is 5.79. The molecule has 1 aliphatic carbocycles. The highest BCUT2D eigenvalue weighted by Gasteiger charge is 2.33. The van der Waals surface area contributed by atoms with Gasteiger partial charge in [0, 0.05) is 22.8 Å². The van der Waals surface area contributed by atoms with Crippen LogP contribution in [0.1, 0.15) is 33.6 Å². The fourth-order valence-corrected chi connectivity index (χ4v) is 2.44. The molecule has 2 rings (SSSR count). The number of allylic oxidation sites excluding steroid dienone is 4. The summed E-state index contributed by atoms with van der Waals surface area (Å²) in [5, 5.41) is 10.0. The summed E-state index contributed by atoms with van der Waals surface area (Å²) in [4.78, 5) is 25.2. The van der Waals surface area contributed by atoms with Gasteiger partial charge in [0.15, 0.2) is 11.6 Å². The zero-order chi connectivity index (χ0) is 15.6. The molecule has 1 aromatic rings. The Morgan fingerprint density at radius 3 is 2.19 bits per heavy atom. The molecule has 4 heteroatoms. The van der Waals surface area contributed by atoms with Crippen LogP contribution in [0.3, 0.4) is 0 Å². The third-order valence-electron chi connectivity index (χ3n) is 3.41. The molecular weight excluding hydrogens is 268 g/mol. The predicted octanol–water partition coefficient (Wildman–Crippen LogP) is 3.23. The molecule has 108 valence electrons. The van der Waals surface area contributed by atoms with E-state index in [1.54, 1.807) is 12.2 Å². The zero-order valence-electron chi connectivity index (χ0n) is 11.8. The molecule has 0 amide bonds. The number of methoxy groups -OCH3 is 1. The first kappa shape index (κ1) is 14.8. The Morgan fingerprint density at radius 2 is 1.67 bits per heavy atom. The van der Waals surface area contributed by atoms with Crippen molar-refractivity contribution in [2.24, 2.45) is 0 Å². The van der Waals surface area contributed by atoms with Gasteiger partial charge in [-0.05, 0) is 18.9 Å². The van der Waals surface area contributed by atoms with Crippen LogP contribution in [0.2, 0.25) is 0 Å². The Labute approximate surface area is 123 Å². The largest absolute Gasteiger partial charge is 0.507 e. The van der Waals surface area contributed by atoms with Crippen LogP contribution in [0.5, 0.6) is 11.5 Å². The molecule has 0 bridgehead atoms. The molecule has 1 N–H and O–H groups in total. The number of fused-ring (bicyclic) bond motifs is 1. The third kappa shape index (κ3) is 2.40. The minimum Gasteiger partial charge on any atom is -0.507 e. The number of aromatic hydroxyl groups is 1. The fraction of sp³-hybridized carbons (Fsp3) is 0.176. The van der Waals surface area contributed by atoms with Crippen LogP contribution in [0.15, 0.2) is 48.6 Å². The quantitative estimate of drug-likeness (QED) is 0.843. The standard InChI is InChI=1S/C17H16O4/c1-4-6-11-12(7-5-2)17(20)15-13(16(11)19)8-10(21-3)9-14(15)18/h4-5,8-9,18H,1-2,6-7H2,3H3. The van der Waals surface area contributed by atoms with Crippen LogP contribution in [0.4, 0.5) is 0 Å². The summed E-state index contributed by atoms with van der Waals surface area (Å²) in [7, 11) is 1.43. The van der Waals surface area contributed by atoms with Crippen molar-refractivity contribution in [2.45, 2.75) is 12.8 Å². The Kier molecular flexibility index (Phi) is 4.08. The molecule has 0 aromatic heterocycles. The molecule has 0 radical (unpaired) electrons. The highest BCUT2D eigenvalue weighted by Crippen LogP contribution is 2.37. The minimum absolute atomic E-state index is 0.0328. The SMILES string of the molecule is C=CCC1=C(CC=C)C(=O)c2c(O)cc(OC)cc2C1=O. The summed E-state index contributed by atoms with van der Waals surface area (Å²) in [6.45, 7) is 7.23. The van der Waals surface area contributed by atoms with Gasteiger partial charge < -0.3 is 9.84 Å². The molecule has 0 unspecified atom stereocenters. The van der Waals surface area contributed by atoms with Crippen LogP contribution in [0.25, 0.3) is 0 Å². The van der Waals surface area contributed by atoms with Crippen LogP contribution in [0, 0.1) is 0 Å². The molecule has 0 fully saturated rings. The molecule has 1 aliphatic rings. The number of phenolic OH excluding ortho intramolecular Hbond substituents is 1. The zero-order valence-corrected chi connectivity index (χ0v) is 11.8. The maximum atomic E-state index is 12.6. The van der Waals surface area contributed by atoms with Crippen LogP contribution >= 0.6 is 0 Å². The molecule has 0 aliphatic heterocycles. The second-order valence-corrected chi connectivity index (χ2v) is 4.67. The lowest BCUT2D eigenvalue weighted by Crippen LogP contribution is -2.22. The Morgan fingerprint density at radius 1 is 1.10 bits per heavy atom. The molecule has 21 heavy (non-hydrogen) atoms. The average Bonchev–Trinajstić information content (AvgIpc) is 2.47. The first-order valence-corrected chi connectivity index (χ1v) is 6.49. The summed E-state index contributed by atoms with van der Waals surface area (Å²) in [6.07, 6.45) is 3.72. The van der Waals surface area contributed by atoms with Crippen LogP contribution < -0.4 is 4.74 Å². The average molecular weight is 284 g/mol. The van der Waals surface area contributed by atoms with Crippen molar-refractivity contribution in [2.75, 3.05) is 7.11 Å². The second-order valence-electron chi connectivity index (χ2n) is 4.67. The monoisotopic (exact) mass is 284 g/mol. The maximum absolute atomic E-state index is 12.6. The van der Waals surface area contributed by atoms with Crippen molar-refractivity contribution < 1.29 is 19.4 Å². The Balaban J connectivity index is 2.71. The van der Waals surface area contributed by atoms with Crippen molar-refractivity contribution in [1.29, 1.82) is 0 Å². The van der Waals surface area contributed by atoms with Gasteiger partial charge in [-0.1, -0.05) is 12.2 Å². The number of Topliss-reactive ketones (excluding diaryl/α,β-unsaturated/α-hetero) is 2. The number of carbonyl (C=O) groups excluding carboxylic acids is 2. The van der Waals surface area contributed by atoms with Gasteiger partial charge in [0.05, 0.1) is 12.7 Å². The van der Waals surface area contributed by atoms with Crippen molar-refractivity contribution >= 4 is 11.6 Å². The van der Waals surface area contributed by atoms with Gasteiger partial charge in [-0.25, -0.2) is 0 Å². The summed E-state index contributed by atoms with van der Waals surface area (Å²) in [6, 6.07) is 2.80. The summed E-state index contributed by atoms with van der Waals surface area (Å²) in [5.74, 6) is -0.545. The summed E-state index contributed by atoms with van der Waals surface area (Å²) in [5.41, 5.74) is 0.963. The van der Waals surface area contributed by atoms with Crippen molar-refractivity contribution in [1.82, 2.24) is 0 Å². The van der Waals surface area contributed by atoms with E-state index in [1.807, 2.05) is 0 Å². The van der Waals surface area contributed by atoms with E-state index in [9.17, 15) is 14.7 Å². The van der Waals surface area contributed by atoms with E-state index in [0.29, 0.717) is 23.3 Å². The fourth-order valence-electron chi connectivity index (χ4n) is 2.44. The highest BCUT2D eigenvalue weighted by molar-refractivity contribution is 6.28. The highest BCUT2D eigenvalue weighted by atomic mass is 16.5. The van der Waals surface area contributed by atoms with Crippen molar-refractivity contribution in [3.63, 3.8) is 0 Å². The van der Waals surface area contributed by atoms with Crippen molar-refractivity contribution in [3.8, 4) is 11.5 Å². The van der Waals surface area contributed by atoms with Gasteiger partial charge in [0.25, 0.3) is 0 Å². The first-order valence-electron chi connectivity index (χ1n) is 6.49. The number of hydrogen-bond acceptors (Lipinski definition) is 4. The molecule has 1 aromatic carbocycles. The summed E-state index contributed by atoms with van der Waals surface area (Å²) < 4.78 is 5.04.